The molecule has 0 radical (unpaired) electrons. The molecule has 2 aromatic rings. The van der Waals surface area contributed by atoms with Crippen LogP contribution in [0.4, 0.5) is 5.69 Å². The number of carbonyl (C=O) groups excluding carboxylic acids is 2. The van der Waals surface area contributed by atoms with Crippen LogP contribution in [0, 0.1) is 0 Å². The van der Waals surface area contributed by atoms with Crippen molar-refractivity contribution in [2.45, 2.75) is 32.2 Å². The summed E-state index contributed by atoms with van der Waals surface area (Å²) in [4.78, 5) is 27.5. The van der Waals surface area contributed by atoms with Gasteiger partial charge >= 0.3 is 5.97 Å². The number of anilines is 1. The SMILES string of the molecule is CN(C)c1ccc(CNC(=O)COC(=O)c2csc3c2CCCC3)cc1. The molecule has 6 heteroatoms. The summed E-state index contributed by atoms with van der Waals surface area (Å²) in [6.45, 7) is 0.164. The Morgan fingerprint density at radius 3 is 2.62 bits per heavy atom. The molecule has 1 amide bonds. The van der Waals surface area contributed by atoms with Crippen LogP contribution in [0.1, 0.15) is 39.2 Å². The number of ether oxygens (including phenoxy) is 1. The molecule has 0 saturated carbocycles. The molecular weight excluding hydrogens is 348 g/mol. The maximum atomic E-state index is 12.3. The van der Waals surface area contributed by atoms with Gasteiger partial charge in [-0.25, -0.2) is 4.79 Å². The van der Waals surface area contributed by atoms with Gasteiger partial charge in [0.2, 0.25) is 0 Å². The van der Waals surface area contributed by atoms with Gasteiger partial charge in [0.1, 0.15) is 0 Å². The fourth-order valence-electron chi connectivity index (χ4n) is 3.04. The lowest BCUT2D eigenvalue weighted by Gasteiger charge is -2.13. The van der Waals surface area contributed by atoms with Crippen molar-refractivity contribution in [1.29, 1.82) is 0 Å². The summed E-state index contributed by atoms with van der Waals surface area (Å²) in [7, 11) is 3.96. The first kappa shape index (κ1) is 18.5. The molecule has 1 aromatic carbocycles. The maximum absolute atomic E-state index is 12.3. The highest BCUT2D eigenvalue weighted by molar-refractivity contribution is 7.10. The minimum absolute atomic E-state index is 0.251. The number of aryl methyl sites for hydroxylation is 1. The normalized spacial score (nSPS) is 13.0. The summed E-state index contributed by atoms with van der Waals surface area (Å²) < 4.78 is 5.20. The van der Waals surface area contributed by atoms with Gasteiger partial charge < -0.3 is 15.0 Å². The molecule has 1 N–H and O–H groups in total. The fourth-order valence-corrected chi connectivity index (χ4v) is 4.15. The highest BCUT2D eigenvalue weighted by atomic mass is 32.1. The molecule has 138 valence electrons. The number of fused-ring (bicyclic) bond motifs is 1. The van der Waals surface area contributed by atoms with Crippen LogP contribution in [0.2, 0.25) is 0 Å². The highest BCUT2D eigenvalue weighted by Gasteiger charge is 2.21. The van der Waals surface area contributed by atoms with Gasteiger partial charge in [-0.1, -0.05) is 12.1 Å². The van der Waals surface area contributed by atoms with E-state index in [-0.39, 0.29) is 12.5 Å². The lowest BCUT2D eigenvalue weighted by molar-refractivity contribution is -0.124. The van der Waals surface area contributed by atoms with E-state index in [1.54, 1.807) is 11.3 Å². The van der Waals surface area contributed by atoms with E-state index in [0.29, 0.717) is 12.1 Å². The minimum Gasteiger partial charge on any atom is -0.452 e. The molecule has 3 rings (SSSR count). The topological polar surface area (TPSA) is 58.6 Å². The molecule has 1 aliphatic carbocycles. The molecule has 0 spiro atoms. The highest BCUT2D eigenvalue weighted by Crippen LogP contribution is 2.30. The van der Waals surface area contributed by atoms with Crippen LogP contribution in [-0.2, 0) is 28.9 Å². The van der Waals surface area contributed by atoms with Crippen LogP contribution in [0.25, 0.3) is 0 Å². The molecule has 0 saturated heterocycles. The molecule has 1 aliphatic rings. The van der Waals surface area contributed by atoms with E-state index >= 15 is 0 Å². The Bertz CT molecular complexity index is 781. The van der Waals surface area contributed by atoms with E-state index in [1.165, 1.54) is 11.3 Å². The number of benzene rings is 1. The first-order valence-corrected chi connectivity index (χ1v) is 9.72. The lowest BCUT2D eigenvalue weighted by atomic mass is 9.96. The van der Waals surface area contributed by atoms with Crippen molar-refractivity contribution in [3.05, 3.63) is 51.2 Å². The average molecular weight is 372 g/mol. The first-order valence-electron chi connectivity index (χ1n) is 8.84. The van der Waals surface area contributed by atoms with Crippen molar-refractivity contribution in [2.24, 2.45) is 0 Å². The summed E-state index contributed by atoms with van der Waals surface area (Å²) in [6, 6.07) is 7.95. The molecule has 0 aliphatic heterocycles. The largest absolute Gasteiger partial charge is 0.452 e. The zero-order chi connectivity index (χ0) is 18.5. The van der Waals surface area contributed by atoms with Crippen LogP contribution >= 0.6 is 11.3 Å². The molecule has 0 atom stereocenters. The van der Waals surface area contributed by atoms with E-state index in [1.807, 2.05) is 48.6 Å². The van der Waals surface area contributed by atoms with Gasteiger partial charge in [0.05, 0.1) is 5.56 Å². The number of nitrogens with one attached hydrogen (secondary N) is 1. The van der Waals surface area contributed by atoms with Crippen LogP contribution in [0.5, 0.6) is 0 Å². The predicted octanol–water partition coefficient (Wildman–Crippen LogP) is 3.17. The third kappa shape index (κ3) is 4.43. The molecule has 0 fully saturated rings. The molecule has 0 bridgehead atoms. The van der Waals surface area contributed by atoms with Crippen LogP contribution in [-0.4, -0.2) is 32.6 Å². The minimum atomic E-state index is -0.394. The number of hydrogen-bond acceptors (Lipinski definition) is 5. The Labute approximate surface area is 158 Å². The third-order valence-electron chi connectivity index (χ3n) is 4.56. The third-order valence-corrected chi connectivity index (χ3v) is 5.65. The Morgan fingerprint density at radius 2 is 1.88 bits per heavy atom. The summed E-state index contributed by atoms with van der Waals surface area (Å²) in [5.41, 5.74) is 3.86. The van der Waals surface area contributed by atoms with Crippen molar-refractivity contribution in [2.75, 3.05) is 25.6 Å². The second kappa shape index (κ2) is 8.36. The second-order valence-corrected chi connectivity index (χ2v) is 7.64. The van der Waals surface area contributed by atoms with E-state index in [0.717, 1.165) is 36.1 Å². The first-order chi connectivity index (χ1) is 12.5. The van der Waals surface area contributed by atoms with Gasteiger partial charge in [0, 0.05) is 36.6 Å². The van der Waals surface area contributed by atoms with Crippen LogP contribution in [0.3, 0.4) is 0 Å². The molecular formula is C20H24N2O3S. The van der Waals surface area contributed by atoms with Gasteiger partial charge in [-0.2, -0.15) is 0 Å². The van der Waals surface area contributed by atoms with Gasteiger partial charge in [-0.15, -0.1) is 11.3 Å². The number of amides is 1. The Kier molecular flexibility index (Phi) is 5.93. The number of hydrogen-bond donors (Lipinski definition) is 1. The Balaban J connectivity index is 1.46. The van der Waals surface area contributed by atoms with Gasteiger partial charge in [0.15, 0.2) is 6.61 Å². The van der Waals surface area contributed by atoms with E-state index in [4.69, 9.17) is 4.74 Å². The van der Waals surface area contributed by atoms with Crippen molar-refractivity contribution in [1.82, 2.24) is 5.32 Å². The van der Waals surface area contributed by atoms with Crippen molar-refractivity contribution in [3.63, 3.8) is 0 Å². The zero-order valence-electron chi connectivity index (χ0n) is 15.2. The maximum Gasteiger partial charge on any atom is 0.339 e. The van der Waals surface area contributed by atoms with Crippen LogP contribution < -0.4 is 10.2 Å². The average Bonchev–Trinajstić information content (AvgIpc) is 3.09. The van der Waals surface area contributed by atoms with Crippen molar-refractivity contribution < 1.29 is 14.3 Å². The molecule has 5 nitrogen and oxygen atoms in total. The summed E-state index contributed by atoms with van der Waals surface area (Å²) >= 11 is 1.62. The Morgan fingerprint density at radius 1 is 1.15 bits per heavy atom. The standard InChI is InChI=1S/C20H24N2O3S/c1-22(2)15-9-7-14(8-10-15)11-21-19(23)12-25-20(24)17-13-26-18-6-4-3-5-16(17)18/h7-10,13H,3-6,11-12H2,1-2H3,(H,21,23). The summed E-state index contributed by atoms with van der Waals surface area (Å²) in [5, 5.41) is 4.65. The lowest BCUT2D eigenvalue weighted by Crippen LogP contribution is -2.28. The number of thiophene rings is 1. The van der Waals surface area contributed by atoms with Gasteiger partial charge in [0.25, 0.3) is 5.91 Å². The van der Waals surface area contributed by atoms with Gasteiger partial charge in [-0.05, 0) is 48.9 Å². The Hall–Kier alpha value is -2.34. The molecule has 1 heterocycles. The number of esters is 1. The summed E-state index contributed by atoms with van der Waals surface area (Å²) in [6.07, 6.45) is 4.26. The quantitative estimate of drug-likeness (QED) is 0.792. The van der Waals surface area contributed by atoms with Gasteiger partial charge in [-0.3, -0.25) is 4.79 Å². The van der Waals surface area contributed by atoms with Crippen molar-refractivity contribution in [3.8, 4) is 0 Å². The molecule has 26 heavy (non-hydrogen) atoms. The van der Waals surface area contributed by atoms with E-state index in [9.17, 15) is 9.59 Å². The van der Waals surface area contributed by atoms with Crippen LogP contribution in [0.15, 0.2) is 29.6 Å². The second-order valence-electron chi connectivity index (χ2n) is 6.67. The molecule has 0 unspecified atom stereocenters. The van der Waals surface area contributed by atoms with E-state index in [2.05, 4.69) is 5.32 Å². The smallest absolute Gasteiger partial charge is 0.339 e. The number of nitrogens with zero attached hydrogens (tertiary/aromatic N) is 1. The monoisotopic (exact) mass is 372 g/mol. The number of rotatable bonds is 6. The van der Waals surface area contributed by atoms with E-state index < -0.39 is 5.97 Å². The fraction of sp³-hybridized carbons (Fsp3) is 0.400. The zero-order valence-corrected chi connectivity index (χ0v) is 16.0. The molecule has 1 aromatic heterocycles. The summed E-state index contributed by atoms with van der Waals surface area (Å²) in [5.74, 6) is -0.686. The number of carbonyl (C=O) groups is 2. The predicted molar refractivity (Wildman–Crippen MR) is 104 cm³/mol. The van der Waals surface area contributed by atoms with Crippen molar-refractivity contribution >= 4 is 28.9 Å².